The zero-order valence-corrected chi connectivity index (χ0v) is 9.70. The van der Waals surface area contributed by atoms with E-state index in [0.29, 0.717) is 5.06 Å². The molecule has 74 valence electrons. The van der Waals surface area contributed by atoms with Crippen molar-refractivity contribution in [2.75, 3.05) is 6.54 Å². The monoisotopic (exact) mass is 225 g/mol. The molecular weight excluding hydrogens is 214 g/mol. The van der Waals surface area contributed by atoms with Gasteiger partial charge in [-0.25, -0.2) is 9.79 Å². The van der Waals surface area contributed by atoms with E-state index in [1.54, 1.807) is 12.1 Å². The standard InChI is InChI=1S/C7H9N3O2S.Mg.2H/c8-7(9)10-4-5(11)12-6-2-1-3-13-6;;;/h1-3H,4H2,(H4,8,9,10);;;/q;+2;2*-1. The van der Waals surface area contributed by atoms with Crippen LogP contribution in [0.25, 0.3) is 0 Å². The number of esters is 1. The number of guanidine groups is 1. The molecule has 0 amide bonds. The van der Waals surface area contributed by atoms with Gasteiger partial charge in [0, 0.05) is 0 Å². The molecule has 7 heteroatoms. The molecule has 5 nitrogen and oxygen atoms in total. The van der Waals surface area contributed by atoms with Crippen molar-refractivity contribution < 1.29 is 12.4 Å². The average molecular weight is 226 g/mol. The van der Waals surface area contributed by atoms with E-state index in [1.165, 1.54) is 11.3 Å². The normalized spacial score (nSPS) is 8.57. The number of carbonyl (C=O) groups excluding carboxylic acids is 1. The molecule has 0 aliphatic heterocycles. The van der Waals surface area contributed by atoms with Crippen molar-refractivity contribution in [2.45, 2.75) is 0 Å². The number of nitrogens with two attached hydrogens (primary N) is 2. The van der Waals surface area contributed by atoms with Crippen molar-refractivity contribution in [3.05, 3.63) is 17.5 Å². The van der Waals surface area contributed by atoms with Gasteiger partial charge in [0.15, 0.2) is 11.0 Å². The number of thiophene rings is 1. The predicted molar refractivity (Wildman–Crippen MR) is 58.6 cm³/mol. The third-order valence-corrected chi connectivity index (χ3v) is 1.85. The smallest absolute Gasteiger partial charge is 1.00 e. The van der Waals surface area contributed by atoms with Crippen molar-refractivity contribution in [1.29, 1.82) is 0 Å². The number of carbonyl (C=O) groups is 1. The molecule has 0 saturated carbocycles. The van der Waals surface area contributed by atoms with Gasteiger partial charge in [-0.05, 0) is 17.5 Å². The second kappa shape index (κ2) is 6.63. The first kappa shape index (κ1) is 13.2. The first-order valence-electron chi connectivity index (χ1n) is 3.48. The molecule has 0 saturated heterocycles. The van der Waals surface area contributed by atoms with Crippen molar-refractivity contribution in [1.82, 2.24) is 0 Å². The minimum atomic E-state index is -0.476. The van der Waals surface area contributed by atoms with Crippen LogP contribution in [0.2, 0.25) is 0 Å². The van der Waals surface area contributed by atoms with E-state index in [1.807, 2.05) is 5.38 Å². The Morgan fingerprint density at radius 1 is 1.64 bits per heavy atom. The molecule has 0 radical (unpaired) electrons. The molecule has 0 unspecified atom stereocenters. The van der Waals surface area contributed by atoms with Gasteiger partial charge in [-0.1, -0.05) is 0 Å². The number of aliphatic imine (C=N–C) groups is 1. The SMILES string of the molecule is NC(N)=NCC(=O)Oc1cccs1.[H-].[H-].[Mg+2]. The average Bonchev–Trinajstić information content (AvgIpc) is 2.53. The second-order valence-corrected chi connectivity index (χ2v) is 3.06. The number of ether oxygens (including phenoxy) is 1. The Labute approximate surface area is 104 Å². The van der Waals surface area contributed by atoms with Crippen LogP contribution in [0.5, 0.6) is 5.06 Å². The Balaban J connectivity index is -0.000000563. The van der Waals surface area contributed by atoms with Crippen molar-refractivity contribution >= 4 is 46.3 Å². The molecule has 1 aromatic heterocycles. The minimum absolute atomic E-state index is 0. The summed E-state index contributed by atoms with van der Waals surface area (Å²) in [6, 6.07) is 3.48. The number of hydrogen-bond donors (Lipinski definition) is 2. The molecular formula is C7H11MgN3O2S. The van der Waals surface area contributed by atoms with Crippen LogP contribution in [-0.2, 0) is 4.79 Å². The molecule has 1 rings (SSSR count). The summed E-state index contributed by atoms with van der Waals surface area (Å²) in [4.78, 5) is 14.5. The molecule has 4 N–H and O–H groups in total. The topological polar surface area (TPSA) is 90.7 Å². The van der Waals surface area contributed by atoms with Gasteiger partial charge in [-0.2, -0.15) is 0 Å². The Morgan fingerprint density at radius 3 is 2.86 bits per heavy atom. The van der Waals surface area contributed by atoms with Gasteiger partial charge in [0.2, 0.25) is 0 Å². The van der Waals surface area contributed by atoms with Crippen LogP contribution in [0.3, 0.4) is 0 Å². The summed E-state index contributed by atoms with van der Waals surface area (Å²) in [7, 11) is 0. The van der Waals surface area contributed by atoms with E-state index in [4.69, 9.17) is 16.2 Å². The van der Waals surface area contributed by atoms with Gasteiger partial charge in [0.25, 0.3) is 0 Å². The summed E-state index contributed by atoms with van der Waals surface area (Å²) >= 11 is 1.33. The number of rotatable bonds is 3. The molecule has 0 aliphatic rings. The Morgan fingerprint density at radius 2 is 2.36 bits per heavy atom. The van der Waals surface area contributed by atoms with E-state index in [9.17, 15) is 4.79 Å². The van der Waals surface area contributed by atoms with Crippen molar-refractivity contribution in [2.24, 2.45) is 16.5 Å². The van der Waals surface area contributed by atoms with Gasteiger partial charge in [0.1, 0.15) is 6.54 Å². The van der Waals surface area contributed by atoms with Crippen LogP contribution in [0, 0.1) is 0 Å². The Kier molecular flexibility index (Phi) is 6.25. The summed E-state index contributed by atoms with van der Waals surface area (Å²) < 4.78 is 4.87. The van der Waals surface area contributed by atoms with Crippen LogP contribution in [0.15, 0.2) is 22.5 Å². The molecule has 1 heterocycles. The second-order valence-electron chi connectivity index (χ2n) is 2.15. The summed E-state index contributed by atoms with van der Waals surface area (Å²) in [5, 5.41) is 2.35. The summed E-state index contributed by atoms with van der Waals surface area (Å²) in [5.41, 5.74) is 10.1. The van der Waals surface area contributed by atoms with Crippen LogP contribution in [-0.4, -0.2) is 41.5 Å². The Bertz CT molecular complexity index is 317. The zero-order chi connectivity index (χ0) is 9.68. The Hall–Kier alpha value is -0.794. The molecule has 0 fully saturated rings. The van der Waals surface area contributed by atoms with Crippen LogP contribution in [0.1, 0.15) is 2.85 Å². The van der Waals surface area contributed by atoms with E-state index >= 15 is 0 Å². The van der Waals surface area contributed by atoms with Crippen LogP contribution in [0.4, 0.5) is 0 Å². The molecule has 14 heavy (non-hydrogen) atoms. The summed E-state index contributed by atoms with van der Waals surface area (Å²) in [5.74, 6) is -0.598. The maximum atomic E-state index is 11.0. The maximum Gasteiger partial charge on any atom is 2.00 e. The van der Waals surface area contributed by atoms with E-state index in [-0.39, 0.29) is 38.4 Å². The number of nitrogens with zero attached hydrogens (tertiary/aromatic N) is 1. The fraction of sp³-hybridized carbons (Fsp3) is 0.143. The quantitative estimate of drug-likeness (QED) is 0.322. The van der Waals surface area contributed by atoms with Gasteiger partial charge < -0.3 is 19.1 Å². The van der Waals surface area contributed by atoms with Crippen LogP contribution < -0.4 is 16.2 Å². The van der Waals surface area contributed by atoms with E-state index < -0.39 is 5.97 Å². The van der Waals surface area contributed by atoms with Crippen molar-refractivity contribution in [3.8, 4) is 5.06 Å². The molecule has 0 spiro atoms. The first-order valence-corrected chi connectivity index (χ1v) is 4.36. The minimum Gasteiger partial charge on any atom is -1.00 e. The third kappa shape index (κ3) is 5.05. The molecule has 0 aromatic carbocycles. The van der Waals surface area contributed by atoms with Gasteiger partial charge in [-0.3, -0.25) is 0 Å². The zero-order valence-electron chi connectivity index (χ0n) is 9.47. The van der Waals surface area contributed by atoms with Crippen molar-refractivity contribution in [3.63, 3.8) is 0 Å². The summed E-state index contributed by atoms with van der Waals surface area (Å²) in [6.07, 6.45) is 0. The largest absolute Gasteiger partial charge is 2.00 e. The molecule has 1 aromatic rings. The number of hydrogen-bond acceptors (Lipinski definition) is 4. The van der Waals surface area contributed by atoms with E-state index in [0.717, 1.165) is 0 Å². The van der Waals surface area contributed by atoms with E-state index in [2.05, 4.69) is 4.99 Å². The first-order chi connectivity index (χ1) is 6.18. The fourth-order valence-corrected chi connectivity index (χ4v) is 1.21. The summed E-state index contributed by atoms with van der Waals surface area (Å²) in [6.45, 7) is -0.153. The molecule has 0 atom stereocenters. The maximum absolute atomic E-state index is 11.0. The molecule has 0 aliphatic carbocycles. The fourth-order valence-electron chi connectivity index (χ4n) is 0.622. The van der Waals surface area contributed by atoms with Gasteiger partial charge in [0.05, 0.1) is 0 Å². The molecule has 0 bridgehead atoms. The predicted octanol–water partition coefficient (Wildman–Crippen LogP) is -0.229. The van der Waals surface area contributed by atoms with Crippen LogP contribution >= 0.6 is 11.3 Å². The van der Waals surface area contributed by atoms with Gasteiger partial charge >= 0.3 is 29.0 Å². The third-order valence-electron chi connectivity index (χ3n) is 1.10. The van der Waals surface area contributed by atoms with Gasteiger partial charge in [-0.15, -0.1) is 11.3 Å².